The van der Waals surface area contributed by atoms with E-state index in [1.807, 2.05) is 11.6 Å². The number of aryl methyl sites for hydroxylation is 2. The van der Waals surface area contributed by atoms with E-state index in [-0.39, 0.29) is 11.7 Å². The predicted octanol–water partition coefficient (Wildman–Crippen LogP) is 2.98. The van der Waals surface area contributed by atoms with Crippen LogP contribution >= 0.6 is 0 Å². The number of carbonyl (C=O) groups is 1. The summed E-state index contributed by atoms with van der Waals surface area (Å²) in [5.74, 6) is 0.601. The number of nitrogens with zero attached hydrogens (tertiary/aromatic N) is 2. The lowest BCUT2D eigenvalue weighted by Gasteiger charge is -2.19. The molecule has 0 fully saturated rings. The molecule has 0 aliphatic rings. The normalized spacial score (nSPS) is 12.1. The Balaban J connectivity index is 1.96. The summed E-state index contributed by atoms with van der Waals surface area (Å²) in [4.78, 5) is 16.8. The molecule has 0 unspecified atom stereocenters. The third-order valence-corrected chi connectivity index (χ3v) is 3.70. The van der Waals surface area contributed by atoms with Gasteiger partial charge in [0.25, 0.3) is 5.91 Å². The van der Waals surface area contributed by atoms with Crippen molar-refractivity contribution in [1.82, 2.24) is 14.9 Å². The maximum Gasteiger partial charge on any atom is 0.255 e. The third-order valence-electron chi connectivity index (χ3n) is 3.70. The van der Waals surface area contributed by atoms with Crippen LogP contribution < -0.4 is 5.32 Å². The Kier molecular flexibility index (Phi) is 3.97. The average Bonchev–Trinajstić information content (AvgIpc) is 3.14. The van der Waals surface area contributed by atoms with Crippen LogP contribution in [0.5, 0.6) is 0 Å². The molecule has 0 aliphatic carbocycles. The van der Waals surface area contributed by atoms with Crippen LogP contribution in [0.1, 0.15) is 33.5 Å². The van der Waals surface area contributed by atoms with E-state index in [0.717, 1.165) is 5.56 Å². The minimum absolute atomic E-state index is 0.270. The lowest BCUT2D eigenvalue weighted by atomic mass is 10.1. The number of halogens is 1. The molecule has 2 heterocycles. The van der Waals surface area contributed by atoms with Crippen molar-refractivity contribution in [2.45, 2.75) is 13.0 Å². The Hall–Kier alpha value is -2.89. The van der Waals surface area contributed by atoms with Crippen molar-refractivity contribution in [1.29, 1.82) is 0 Å². The van der Waals surface area contributed by atoms with Gasteiger partial charge in [-0.2, -0.15) is 0 Å². The number of hydrogen-bond acceptors (Lipinski definition) is 3. The highest BCUT2D eigenvalue weighted by Crippen LogP contribution is 2.22. The Morgan fingerprint density at radius 1 is 1.30 bits per heavy atom. The molecule has 118 valence electrons. The van der Waals surface area contributed by atoms with Gasteiger partial charge in [0, 0.05) is 19.4 Å². The fourth-order valence-electron chi connectivity index (χ4n) is 2.44. The van der Waals surface area contributed by atoms with Gasteiger partial charge in [-0.15, -0.1) is 0 Å². The Morgan fingerprint density at radius 3 is 2.61 bits per heavy atom. The van der Waals surface area contributed by atoms with Crippen molar-refractivity contribution in [3.63, 3.8) is 0 Å². The van der Waals surface area contributed by atoms with E-state index in [0.29, 0.717) is 17.1 Å². The first-order valence-corrected chi connectivity index (χ1v) is 7.14. The monoisotopic (exact) mass is 313 g/mol. The highest BCUT2D eigenvalue weighted by Gasteiger charge is 2.22. The molecular weight excluding hydrogens is 297 g/mol. The summed E-state index contributed by atoms with van der Waals surface area (Å²) in [6.45, 7) is 1.72. The highest BCUT2D eigenvalue weighted by molar-refractivity contribution is 5.95. The number of aromatic nitrogens is 2. The fraction of sp³-hybridized carbons (Fsp3) is 0.176. The number of rotatable bonds is 4. The topological polar surface area (TPSA) is 60.1 Å². The SMILES string of the molecule is Cc1occc1C(=O)N[C@H](c1ccc(F)cc1)c1nccn1C. The lowest BCUT2D eigenvalue weighted by Crippen LogP contribution is -2.31. The van der Waals surface area contributed by atoms with Crippen molar-refractivity contribution >= 4 is 5.91 Å². The second-order valence-corrected chi connectivity index (χ2v) is 5.24. The van der Waals surface area contributed by atoms with Gasteiger partial charge in [-0.25, -0.2) is 9.37 Å². The van der Waals surface area contributed by atoms with Crippen LogP contribution in [0.25, 0.3) is 0 Å². The molecule has 3 rings (SSSR count). The maximum atomic E-state index is 13.2. The molecule has 0 bridgehead atoms. The quantitative estimate of drug-likeness (QED) is 0.805. The number of nitrogens with one attached hydrogen (secondary N) is 1. The number of furan rings is 1. The highest BCUT2D eigenvalue weighted by atomic mass is 19.1. The van der Waals surface area contributed by atoms with Crippen molar-refractivity contribution in [2.24, 2.45) is 7.05 Å². The van der Waals surface area contributed by atoms with E-state index >= 15 is 0 Å². The molecule has 0 saturated heterocycles. The van der Waals surface area contributed by atoms with Gasteiger partial charge in [-0.05, 0) is 30.7 Å². The standard InChI is InChI=1S/C17H16FN3O2/c1-11-14(7-10-23-11)17(22)20-15(16-19-8-9-21(16)2)12-3-5-13(18)6-4-12/h3-10,15H,1-2H3,(H,20,22)/t15-/m1/s1. The van der Waals surface area contributed by atoms with Gasteiger partial charge in [-0.3, -0.25) is 4.79 Å². The molecule has 1 atom stereocenters. The van der Waals surface area contributed by atoms with Gasteiger partial charge >= 0.3 is 0 Å². The molecule has 6 heteroatoms. The smallest absolute Gasteiger partial charge is 0.255 e. The van der Waals surface area contributed by atoms with E-state index in [9.17, 15) is 9.18 Å². The van der Waals surface area contributed by atoms with Crippen LogP contribution in [0.3, 0.4) is 0 Å². The zero-order valence-corrected chi connectivity index (χ0v) is 12.8. The summed E-state index contributed by atoms with van der Waals surface area (Å²) >= 11 is 0. The van der Waals surface area contributed by atoms with Crippen LogP contribution in [-0.2, 0) is 7.05 Å². The minimum Gasteiger partial charge on any atom is -0.469 e. The first-order chi connectivity index (χ1) is 11.1. The van der Waals surface area contributed by atoms with Crippen molar-refractivity contribution in [3.8, 4) is 0 Å². The molecule has 0 radical (unpaired) electrons. The number of benzene rings is 1. The van der Waals surface area contributed by atoms with Crippen LogP contribution in [0, 0.1) is 12.7 Å². The zero-order valence-electron chi connectivity index (χ0n) is 12.8. The number of amides is 1. The fourth-order valence-corrected chi connectivity index (χ4v) is 2.44. The van der Waals surface area contributed by atoms with Gasteiger partial charge < -0.3 is 14.3 Å². The average molecular weight is 313 g/mol. The van der Waals surface area contributed by atoms with Crippen molar-refractivity contribution in [2.75, 3.05) is 0 Å². The molecule has 3 aromatic rings. The largest absolute Gasteiger partial charge is 0.469 e. The molecule has 1 aromatic carbocycles. The van der Waals surface area contributed by atoms with Gasteiger partial charge in [0.15, 0.2) is 0 Å². The lowest BCUT2D eigenvalue weighted by molar-refractivity contribution is 0.0939. The minimum atomic E-state index is -0.489. The van der Waals surface area contributed by atoms with Crippen LogP contribution in [0.2, 0.25) is 0 Å². The van der Waals surface area contributed by atoms with E-state index in [1.165, 1.54) is 18.4 Å². The van der Waals surface area contributed by atoms with E-state index in [4.69, 9.17) is 4.42 Å². The predicted molar refractivity (Wildman–Crippen MR) is 82.4 cm³/mol. The molecule has 23 heavy (non-hydrogen) atoms. The Labute approximate surface area is 132 Å². The van der Waals surface area contributed by atoms with Crippen LogP contribution in [-0.4, -0.2) is 15.5 Å². The van der Waals surface area contributed by atoms with E-state index in [2.05, 4.69) is 10.3 Å². The summed E-state index contributed by atoms with van der Waals surface area (Å²) in [6, 6.07) is 7.12. The molecular formula is C17H16FN3O2. The molecule has 2 aromatic heterocycles. The summed E-state index contributed by atoms with van der Waals surface area (Å²) in [5, 5.41) is 2.93. The zero-order chi connectivity index (χ0) is 16.4. The number of imidazole rings is 1. The number of carbonyl (C=O) groups excluding carboxylic acids is 1. The summed E-state index contributed by atoms with van der Waals surface area (Å²) in [5.41, 5.74) is 1.21. The van der Waals surface area contributed by atoms with Crippen molar-refractivity contribution < 1.29 is 13.6 Å². The first kappa shape index (κ1) is 15.0. The van der Waals surface area contributed by atoms with E-state index in [1.54, 1.807) is 37.5 Å². The molecule has 0 saturated carbocycles. The third kappa shape index (κ3) is 3.01. The summed E-state index contributed by atoms with van der Waals surface area (Å²) in [7, 11) is 1.84. The molecule has 0 spiro atoms. The molecule has 1 N–H and O–H groups in total. The molecule has 0 aliphatic heterocycles. The van der Waals surface area contributed by atoms with Gasteiger partial charge in [-0.1, -0.05) is 12.1 Å². The Bertz CT molecular complexity index is 820. The van der Waals surface area contributed by atoms with Gasteiger partial charge in [0.2, 0.25) is 0 Å². The first-order valence-electron chi connectivity index (χ1n) is 7.14. The Morgan fingerprint density at radius 2 is 2.04 bits per heavy atom. The summed E-state index contributed by atoms with van der Waals surface area (Å²) < 4.78 is 20.2. The van der Waals surface area contributed by atoms with Crippen LogP contribution in [0.15, 0.2) is 53.4 Å². The van der Waals surface area contributed by atoms with Gasteiger partial charge in [0.05, 0.1) is 11.8 Å². The molecule has 5 nitrogen and oxygen atoms in total. The summed E-state index contributed by atoms with van der Waals surface area (Å²) in [6.07, 6.45) is 4.92. The maximum absolute atomic E-state index is 13.2. The van der Waals surface area contributed by atoms with Crippen molar-refractivity contribution in [3.05, 3.63) is 77.5 Å². The molecule has 1 amide bonds. The van der Waals surface area contributed by atoms with E-state index < -0.39 is 6.04 Å². The second kappa shape index (κ2) is 6.08. The second-order valence-electron chi connectivity index (χ2n) is 5.24. The van der Waals surface area contributed by atoms with Crippen LogP contribution in [0.4, 0.5) is 4.39 Å². The van der Waals surface area contributed by atoms with Gasteiger partial charge in [0.1, 0.15) is 23.4 Å². The number of hydrogen-bond donors (Lipinski definition) is 1.